The molecule has 86 valence electrons. The minimum Gasteiger partial charge on any atom is -0.410 e. The molecule has 0 radical (unpaired) electrons. The van der Waals surface area contributed by atoms with E-state index < -0.39 is 0 Å². The number of hydrogen-bond donors (Lipinski definition) is 1. The van der Waals surface area contributed by atoms with Crippen LogP contribution < -0.4 is 10.1 Å². The molecule has 0 aromatic heterocycles. The first-order valence-electron chi connectivity index (χ1n) is 5.46. The Kier molecular flexibility index (Phi) is 4.10. The molecule has 16 heavy (non-hydrogen) atoms. The number of ether oxygens (including phenoxy) is 1. The molecule has 1 saturated heterocycles. The van der Waals surface area contributed by atoms with Crippen LogP contribution in [-0.2, 0) is 0 Å². The predicted molar refractivity (Wildman–Crippen MR) is 65.9 cm³/mol. The third-order valence-electron chi connectivity index (χ3n) is 2.50. The molecule has 1 aromatic rings. The summed E-state index contributed by atoms with van der Waals surface area (Å²) in [6, 6.07) is 9.41. The van der Waals surface area contributed by atoms with Crippen molar-refractivity contribution in [3.05, 3.63) is 30.3 Å². The summed E-state index contributed by atoms with van der Waals surface area (Å²) in [6.45, 7) is 0. The van der Waals surface area contributed by atoms with E-state index in [1.54, 1.807) is 12.1 Å². The fourth-order valence-corrected chi connectivity index (χ4v) is 2.74. The minimum absolute atomic E-state index is 0.275. The van der Waals surface area contributed by atoms with Crippen LogP contribution in [0.15, 0.2) is 30.3 Å². The van der Waals surface area contributed by atoms with E-state index in [9.17, 15) is 4.79 Å². The van der Waals surface area contributed by atoms with E-state index in [-0.39, 0.29) is 12.1 Å². The van der Waals surface area contributed by atoms with E-state index in [4.69, 9.17) is 4.74 Å². The van der Waals surface area contributed by atoms with Gasteiger partial charge in [0.25, 0.3) is 0 Å². The normalized spacial score (nSPS) is 16.8. The van der Waals surface area contributed by atoms with Crippen molar-refractivity contribution in [2.24, 2.45) is 0 Å². The van der Waals surface area contributed by atoms with Crippen LogP contribution in [0.5, 0.6) is 5.75 Å². The van der Waals surface area contributed by atoms with Gasteiger partial charge >= 0.3 is 6.09 Å². The van der Waals surface area contributed by atoms with Gasteiger partial charge in [-0.05, 0) is 36.5 Å². The molecule has 1 aromatic carbocycles. The molecule has 2 rings (SSSR count). The Morgan fingerprint density at radius 1 is 1.25 bits per heavy atom. The number of nitrogens with one attached hydrogen (secondary N) is 1. The van der Waals surface area contributed by atoms with Gasteiger partial charge in [-0.3, -0.25) is 0 Å². The molecule has 0 bridgehead atoms. The number of para-hydroxylation sites is 1. The second-order valence-electron chi connectivity index (χ2n) is 3.73. The Balaban J connectivity index is 1.80. The van der Waals surface area contributed by atoms with E-state index >= 15 is 0 Å². The first kappa shape index (κ1) is 11.3. The van der Waals surface area contributed by atoms with Crippen LogP contribution in [0.3, 0.4) is 0 Å². The van der Waals surface area contributed by atoms with E-state index in [0.29, 0.717) is 5.75 Å². The molecule has 0 aliphatic carbocycles. The van der Waals surface area contributed by atoms with Gasteiger partial charge in [0.05, 0.1) is 0 Å². The lowest BCUT2D eigenvalue weighted by Gasteiger charge is -2.21. The second kappa shape index (κ2) is 5.80. The monoisotopic (exact) mass is 237 g/mol. The maximum Gasteiger partial charge on any atom is 0.412 e. The first-order valence-corrected chi connectivity index (χ1v) is 6.61. The summed E-state index contributed by atoms with van der Waals surface area (Å²) in [5.41, 5.74) is 0. The number of thioether (sulfide) groups is 1. The van der Waals surface area contributed by atoms with Gasteiger partial charge in [0.2, 0.25) is 0 Å². The van der Waals surface area contributed by atoms with E-state index in [1.807, 2.05) is 30.0 Å². The van der Waals surface area contributed by atoms with Crippen molar-refractivity contribution in [3.8, 4) is 5.75 Å². The van der Waals surface area contributed by atoms with Gasteiger partial charge in [-0.15, -0.1) is 0 Å². The Hall–Kier alpha value is -1.16. The lowest BCUT2D eigenvalue weighted by Crippen LogP contribution is -2.39. The van der Waals surface area contributed by atoms with Gasteiger partial charge < -0.3 is 10.1 Å². The number of carbonyl (C=O) groups excluding carboxylic acids is 1. The predicted octanol–water partition coefficient (Wildman–Crippen LogP) is 2.67. The molecule has 0 spiro atoms. The fraction of sp³-hybridized carbons (Fsp3) is 0.417. The molecule has 1 aliphatic rings. The van der Waals surface area contributed by atoms with Crippen LogP contribution in [0.25, 0.3) is 0 Å². The average Bonchev–Trinajstić information content (AvgIpc) is 2.31. The van der Waals surface area contributed by atoms with Crippen molar-refractivity contribution in [1.29, 1.82) is 0 Å². The largest absolute Gasteiger partial charge is 0.412 e. The highest BCUT2D eigenvalue weighted by molar-refractivity contribution is 7.99. The standard InChI is InChI=1S/C12H15NO2S/c14-12(13-10-6-8-16-9-7-10)15-11-4-2-1-3-5-11/h1-5,10H,6-9H2,(H,13,14). The fourth-order valence-electron chi connectivity index (χ4n) is 1.63. The van der Waals surface area contributed by atoms with E-state index in [0.717, 1.165) is 24.3 Å². The van der Waals surface area contributed by atoms with Crippen molar-refractivity contribution in [2.75, 3.05) is 11.5 Å². The summed E-state index contributed by atoms with van der Waals surface area (Å²) in [5, 5.41) is 2.89. The molecule has 4 heteroatoms. The molecular formula is C12H15NO2S. The maximum atomic E-state index is 11.5. The number of carbonyl (C=O) groups is 1. The highest BCUT2D eigenvalue weighted by atomic mass is 32.2. The zero-order chi connectivity index (χ0) is 11.2. The van der Waals surface area contributed by atoms with E-state index in [1.165, 1.54) is 0 Å². The van der Waals surface area contributed by atoms with Crippen LogP contribution in [0.1, 0.15) is 12.8 Å². The lowest BCUT2D eigenvalue weighted by molar-refractivity contribution is 0.195. The molecule has 0 unspecified atom stereocenters. The zero-order valence-corrected chi connectivity index (χ0v) is 9.83. The molecule has 1 N–H and O–H groups in total. The summed E-state index contributed by atoms with van der Waals surface area (Å²) in [7, 11) is 0. The maximum absolute atomic E-state index is 11.5. The highest BCUT2D eigenvalue weighted by Gasteiger charge is 2.16. The van der Waals surface area contributed by atoms with Crippen molar-refractivity contribution in [2.45, 2.75) is 18.9 Å². The number of benzene rings is 1. The molecule has 3 nitrogen and oxygen atoms in total. The van der Waals surface area contributed by atoms with Crippen molar-refractivity contribution in [3.63, 3.8) is 0 Å². The van der Waals surface area contributed by atoms with Crippen molar-refractivity contribution < 1.29 is 9.53 Å². The molecule has 1 amide bonds. The van der Waals surface area contributed by atoms with Crippen molar-refractivity contribution >= 4 is 17.9 Å². The minimum atomic E-state index is -0.344. The second-order valence-corrected chi connectivity index (χ2v) is 4.96. The number of rotatable bonds is 2. The summed E-state index contributed by atoms with van der Waals surface area (Å²) >= 11 is 1.94. The van der Waals surface area contributed by atoms with Gasteiger partial charge in [-0.2, -0.15) is 11.8 Å². The molecule has 1 heterocycles. The highest BCUT2D eigenvalue weighted by Crippen LogP contribution is 2.17. The first-order chi connectivity index (χ1) is 7.84. The van der Waals surface area contributed by atoms with Gasteiger partial charge in [0.1, 0.15) is 5.75 Å². The van der Waals surface area contributed by atoms with Gasteiger partial charge in [-0.25, -0.2) is 4.79 Å². The Bertz CT molecular complexity index is 336. The van der Waals surface area contributed by atoms with Crippen LogP contribution in [-0.4, -0.2) is 23.6 Å². The summed E-state index contributed by atoms with van der Waals surface area (Å²) < 4.78 is 5.16. The topological polar surface area (TPSA) is 38.3 Å². The van der Waals surface area contributed by atoms with Gasteiger partial charge in [0.15, 0.2) is 0 Å². The molecule has 1 fully saturated rings. The summed E-state index contributed by atoms with van der Waals surface area (Å²) in [5.74, 6) is 2.83. The van der Waals surface area contributed by atoms with Crippen LogP contribution >= 0.6 is 11.8 Å². The Morgan fingerprint density at radius 3 is 2.62 bits per heavy atom. The molecule has 0 atom stereocenters. The van der Waals surface area contributed by atoms with Crippen LogP contribution in [0, 0.1) is 0 Å². The summed E-state index contributed by atoms with van der Waals surface area (Å²) in [6.07, 6.45) is 1.73. The SMILES string of the molecule is O=C(NC1CCSCC1)Oc1ccccc1. The van der Waals surface area contributed by atoms with Gasteiger partial charge in [0, 0.05) is 6.04 Å². The van der Waals surface area contributed by atoms with Crippen LogP contribution in [0.4, 0.5) is 4.79 Å². The van der Waals surface area contributed by atoms with E-state index in [2.05, 4.69) is 5.32 Å². The smallest absolute Gasteiger partial charge is 0.410 e. The third kappa shape index (κ3) is 3.45. The quantitative estimate of drug-likeness (QED) is 0.859. The summed E-state index contributed by atoms with van der Waals surface area (Å²) in [4.78, 5) is 11.5. The average molecular weight is 237 g/mol. The number of amides is 1. The molecular weight excluding hydrogens is 222 g/mol. The Morgan fingerprint density at radius 2 is 1.94 bits per heavy atom. The third-order valence-corrected chi connectivity index (χ3v) is 3.55. The number of hydrogen-bond acceptors (Lipinski definition) is 3. The zero-order valence-electron chi connectivity index (χ0n) is 9.02. The Labute approximate surface area is 99.6 Å². The lowest BCUT2D eigenvalue weighted by atomic mass is 10.2. The van der Waals surface area contributed by atoms with Crippen LogP contribution in [0.2, 0.25) is 0 Å². The molecule has 1 aliphatic heterocycles. The van der Waals surface area contributed by atoms with Gasteiger partial charge in [-0.1, -0.05) is 18.2 Å². The molecule has 0 saturated carbocycles. The van der Waals surface area contributed by atoms with Crippen molar-refractivity contribution in [1.82, 2.24) is 5.32 Å².